The summed E-state index contributed by atoms with van der Waals surface area (Å²) in [5.74, 6) is 1.03. The van der Waals surface area contributed by atoms with Gasteiger partial charge in [-0.1, -0.05) is 37.6 Å². The van der Waals surface area contributed by atoms with Crippen LogP contribution in [0, 0.1) is 6.92 Å². The van der Waals surface area contributed by atoms with Gasteiger partial charge in [0.15, 0.2) is 0 Å². The summed E-state index contributed by atoms with van der Waals surface area (Å²) in [6.45, 7) is 9.81. The van der Waals surface area contributed by atoms with Crippen molar-refractivity contribution in [3.05, 3.63) is 40.5 Å². The maximum absolute atomic E-state index is 6.06. The summed E-state index contributed by atoms with van der Waals surface area (Å²) in [7, 11) is 0. The first-order chi connectivity index (χ1) is 12.1. The van der Waals surface area contributed by atoms with E-state index >= 15 is 0 Å². The molecule has 1 aromatic carbocycles. The van der Waals surface area contributed by atoms with E-state index in [0.29, 0.717) is 0 Å². The Morgan fingerprint density at radius 1 is 1.12 bits per heavy atom. The zero-order chi connectivity index (χ0) is 17.8. The van der Waals surface area contributed by atoms with Crippen molar-refractivity contribution in [1.82, 2.24) is 14.9 Å². The van der Waals surface area contributed by atoms with Gasteiger partial charge in [0.2, 0.25) is 0 Å². The van der Waals surface area contributed by atoms with Crippen LogP contribution < -0.4 is 0 Å². The topological polar surface area (TPSA) is 29.0 Å². The molecule has 3 aromatic rings. The zero-order valence-corrected chi connectivity index (χ0v) is 17.1. The summed E-state index contributed by atoms with van der Waals surface area (Å²) in [5, 5.41) is 3.01. The quantitative estimate of drug-likeness (QED) is 0.378. The molecule has 2 aromatic heterocycles. The molecule has 0 N–H and O–H groups in total. The molecule has 0 bridgehead atoms. The SMILES string of the molecule is CCN(CC)CCSc1ncnc2sc(C)c(-c3ccc(Cl)cc3)c12. The minimum Gasteiger partial charge on any atom is -0.303 e. The van der Waals surface area contributed by atoms with Gasteiger partial charge in [-0.15, -0.1) is 23.1 Å². The molecule has 0 atom stereocenters. The smallest absolute Gasteiger partial charge is 0.128 e. The predicted molar refractivity (Wildman–Crippen MR) is 111 cm³/mol. The lowest BCUT2D eigenvalue weighted by Gasteiger charge is -2.17. The molecule has 3 nitrogen and oxygen atoms in total. The van der Waals surface area contributed by atoms with Crippen LogP contribution in [0.1, 0.15) is 18.7 Å². The second-order valence-electron chi connectivity index (χ2n) is 5.77. The second-order valence-corrected chi connectivity index (χ2v) is 8.50. The first kappa shape index (κ1) is 18.6. The average molecular weight is 392 g/mol. The Labute approximate surface area is 162 Å². The van der Waals surface area contributed by atoms with Crippen LogP contribution >= 0.6 is 34.7 Å². The molecule has 25 heavy (non-hydrogen) atoms. The highest BCUT2D eigenvalue weighted by Gasteiger charge is 2.17. The van der Waals surface area contributed by atoms with E-state index in [0.717, 1.165) is 40.3 Å². The average Bonchev–Trinajstić information content (AvgIpc) is 2.96. The number of rotatable bonds is 7. The van der Waals surface area contributed by atoms with Gasteiger partial charge in [-0.05, 0) is 37.7 Å². The molecule has 0 fully saturated rings. The van der Waals surface area contributed by atoms with Crippen LogP contribution in [0.4, 0.5) is 0 Å². The van der Waals surface area contributed by atoms with E-state index in [4.69, 9.17) is 11.6 Å². The van der Waals surface area contributed by atoms with Gasteiger partial charge in [0, 0.05) is 27.8 Å². The van der Waals surface area contributed by atoms with Gasteiger partial charge in [0.25, 0.3) is 0 Å². The lowest BCUT2D eigenvalue weighted by atomic mass is 10.0. The fraction of sp³-hybridized carbons (Fsp3) is 0.368. The monoisotopic (exact) mass is 391 g/mol. The summed E-state index contributed by atoms with van der Waals surface area (Å²) in [5.41, 5.74) is 2.41. The highest BCUT2D eigenvalue weighted by atomic mass is 35.5. The van der Waals surface area contributed by atoms with Gasteiger partial charge < -0.3 is 4.90 Å². The van der Waals surface area contributed by atoms with Crippen LogP contribution in [-0.2, 0) is 0 Å². The van der Waals surface area contributed by atoms with Crippen molar-refractivity contribution in [2.75, 3.05) is 25.4 Å². The minimum atomic E-state index is 0.756. The van der Waals surface area contributed by atoms with E-state index in [1.807, 2.05) is 23.9 Å². The third kappa shape index (κ3) is 4.17. The third-order valence-corrected chi connectivity index (χ3v) is 6.54. The molecule has 3 rings (SSSR count). The fourth-order valence-electron chi connectivity index (χ4n) is 2.90. The number of hydrogen-bond donors (Lipinski definition) is 0. The lowest BCUT2D eigenvalue weighted by molar-refractivity contribution is 0.324. The van der Waals surface area contributed by atoms with E-state index in [2.05, 4.69) is 47.8 Å². The minimum absolute atomic E-state index is 0.756. The fourth-order valence-corrected chi connectivity index (χ4v) is 5.11. The van der Waals surface area contributed by atoms with Gasteiger partial charge in [-0.3, -0.25) is 0 Å². The number of thioether (sulfide) groups is 1. The lowest BCUT2D eigenvalue weighted by Crippen LogP contribution is -2.25. The number of fused-ring (bicyclic) bond motifs is 1. The predicted octanol–water partition coefficient (Wildman–Crippen LogP) is 5.75. The van der Waals surface area contributed by atoms with E-state index in [1.54, 1.807) is 17.7 Å². The Kier molecular flexibility index (Phi) is 6.34. The number of benzene rings is 1. The van der Waals surface area contributed by atoms with Crippen molar-refractivity contribution >= 4 is 44.9 Å². The molecule has 0 aliphatic heterocycles. The standard InChI is InChI=1S/C19H22ClN3S2/c1-4-23(5-2)10-11-24-18-17-16(14-6-8-15(20)9-7-14)13(3)25-19(17)22-12-21-18/h6-9,12H,4-5,10-11H2,1-3H3. The second kappa shape index (κ2) is 8.49. The van der Waals surface area contributed by atoms with E-state index < -0.39 is 0 Å². The molecule has 0 saturated heterocycles. The molecule has 0 aliphatic carbocycles. The molecular formula is C19H22ClN3S2. The van der Waals surface area contributed by atoms with E-state index in [1.165, 1.54) is 21.4 Å². The molecule has 6 heteroatoms. The summed E-state index contributed by atoms with van der Waals surface area (Å²) in [4.78, 5) is 13.8. The number of hydrogen-bond acceptors (Lipinski definition) is 5. The Morgan fingerprint density at radius 3 is 2.52 bits per heavy atom. The van der Waals surface area contributed by atoms with Crippen LogP contribution in [0.2, 0.25) is 5.02 Å². The van der Waals surface area contributed by atoms with Crippen LogP contribution in [0.25, 0.3) is 21.3 Å². The maximum Gasteiger partial charge on any atom is 0.128 e. The molecule has 0 unspecified atom stereocenters. The summed E-state index contributed by atoms with van der Waals surface area (Å²) in [6.07, 6.45) is 1.68. The van der Waals surface area contributed by atoms with Gasteiger partial charge in [-0.2, -0.15) is 0 Å². The van der Waals surface area contributed by atoms with E-state index in [-0.39, 0.29) is 0 Å². The Balaban J connectivity index is 1.95. The third-order valence-electron chi connectivity index (χ3n) is 4.30. The largest absolute Gasteiger partial charge is 0.303 e. The van der Waals surface area contributed by atoms with Crippen LogP contribution in [0.5, 0.6) is 0 Å². The molecule has 132 valence electrons. The summed E-state index contributed by atoms with van der Waals surface area (Å²) >= 11 is 9.61. The molecule has 0 saturated carbocycles. The number of halogens is 1. The Morgan fingerprint density at radius 2 is 1.84 bits per heavy atom. The number of thiophene rings is 1. The van der Waals surface area contributed by atoms with Crippen molar-refractivity contribution in [2.24, 2.45) is 0 Å². The van der Waals surface area contributed by atoms with Crippen LogP contribution in [-0.4, -0.2) is 40.3 Å². The highest BCUT2D eigenvalue weighted by Crippen LogP contribution is 2.41. The number of aryl methyl sites for hydroxylation is 1. The summed E-state index contributed by atoms with van der Waals surface area (Å²) < 4.78 is 0. The van der Waals surface area contributed by atoms with Gasteiger partial charge in [-0.25, -0.2) is 9.97 Å². The maximum atomic E-state index is 6.06. The van der Waals surface area contributed by atoms with Crippen LogP contribution in [0.3, 0.4) is 0 Å². The molecule has 2 heterocycles. The van der Waals surface area contributed by atoms with Crippen molar-refractivity contribution in [1.29, 1.82) is 0 Å². The van der Waals surface area contributed by atoms with Crippen molar-refractivity contribution in [3.63, 3.8) is 0 Å². The molecular weight excluding hydrogens is 370 g/mol. The van der Waals surface area contributed by atoms with Crippen molar-refractivity contribution in [3.8, 4) is 11.1 Å². The summed E-state index contributed by atoms with van der Waals surface area (Å²) in [6, 6.07) is 8.04. The first-order valence-corrected chi connectivity index (χ1v) is 10.7. The van der Waals surface area contributed by atoms with Crippen molar-refractivity contribution in [2.45, 2.75) is 25.8 Å². The van der Waals surface area contributed by atoms with Gasteiger partial charge >= 0.3 is 0 Å². The Hall–Kier alpha value is -1.14. The van der Waals surface area contributed by atoms with Crippen LogP contribution in [0.15, 0.2) is 35.6 Å². The molecule has 0 spiro atoms. The molecule has 0 aliphatic rings. The first-order valence-electron chi connectivity index (χ1n) is 8.49. The number of nitrogens with zero attached hydrogens (tertiary/aromatic N) is 3. The van der Waals surface area contributed by atoms with Gasteiger partial charge in [0.1, 0.15) is 16.2 Å². The zero-order valence-electron chi connectivity index (χ0n) is 14.8. The van der Waals surface area contributed by atoms with E-state index in [9.17, 15) is 0 Å². The molecule has 0 radical (unpaired) electrons. The number of aromatic nitrogens is 2. The van der Waals surface area contributed by atoms with Crippen molar-refractivity contribution < 1.29 is 0 Å². The highest BCUT2D eigenvalue weighted by molar-refractivity contribution is 7.99. The normalized spacial score (nSPS) is 11.6. The Bertz CT molecular complexity index is 842. The van der Waals surface area contributed by atoms with Gasteiger partial charge in [0.05, 0.1) is 5.39 Å². The molecule has 0 amide bonds.